The molecule has 1 saturated carbocycles. The molecular weight excluding hydrogens is 216 g/mol. The summed E-state index contributed by atoms with van der Waals surface area (Å²) in [5.41, 5.74) is 7.25. The highest BCUT2D eigenvalue weighted by molar-refractivity contribution is 7.09. The summed E-state index contributed by atoms with van der Waals surface area (Å²) in [5.74, 6) is 1.38. The third-order valence-electron chi connectivity index (χ3n) is 3.34. The van der Waals surface area contributed by atoms with E-state index in [1.807, 2.05) is 11.3 Å². The molecule has 1 aliphatic carbocycles. The summed E-state index contributed by atoms with van der Waals surface area (Å²) in [7, 11) is 0. The lowest BCUT2D eigenvalue weighted by Gasteiger charge is -2.24. The monoisotopic (exact) mass is 238 g/mol. The van der Waals surface area contributed by atoms with Crippen molar-refractivity contribution in [2.75, 3.05) is 0 Å². The van der Waals surface area contributed by atoms with Crippen molar-refractivity contribution in [3.8, 4) is 0 Å². The van der Waals surface area contributed by atoms with Crippen molar-refractivity contribution in [3.05, 3.63) is 16.1 Å². The van der Waals surface area contributed by atoms with Gasteiger partial charge in [-0.05, 0) is 31.6 Å². The van der Waals surface area contributed by atoms with Crippen molar-refractivity contribution in [2.24, 2.45) is 11.7 Å². The predicted molar refractivity (Wildman–Crippen MR) is 69.8 cm³/mol. The Labute approximate surface area is 102 Å². The van der Waals surface area contributed by atoms with Gasteiger partial charge < -0.3 is 5.73 Å². The lowest BCUT2D eigenvalue weighted by atomic mass is 9.85. The quantitative estimate of drug-likeness (QED) is 0.877. The minimum absolute atomic E-state index is 0.435. The van der Waals surface area contributed by atoms with Gasteiger partial charge in [0, 0.05) is 23.8 Å². The summed E-state index contributed by atoms with van der Waals surface area (Å²) >= 11 is 1.83. The molecule has 90 valence electrons. The van der Waals surface area contributed by atoms with Crippen LogP contribution in [0.2, 0.25) is 0 Å². The number of nitrogens with zero attached hydrogens (tertiary/aromatic N) is 1. The van der Waals surface area contributed by atoms with E-state index in [2.05, 4.69) is 19.2 Å². The predicted octanol–water partition coefficient (Wildman–Crippen LogP) is 3.33. The molecule has 0 atom stereocenters. The molecule has 2 nitrogen and oxygen atoms in total. The van der Waals surface area contributed by atoms with Crippen molar-refractivity contribution < 1.29 is 0 Å². The van der Waals surface area contributed by atoms with E-state index in [9.17, 15) is 0 Å². The molecule has 1 aromatic rings. The fraction of sp³-hybridized carbons (Fsp3) is 0.769. The molecule has 1 aromatic heterocycles. The van der Waals surface area contributed by atoms with Gasteiger partial charge in [-0.25, -0.2) is 4.98 Å². The number of thiazole rings is 1. The van der Waals surface area contributed by atoms with Crippen LogP contribution in [0.5, 0.6) is 0 Å². The lowest BCUT2D eigenvalue weighted by Crippen LogP contribution is -2.25. The Morgan fingerprint density at radius 3 is 2.69 bits per heavy atom. The minimum atomic E-state index is 0.435. The summed E-state index contributed by atoms with van der Waals surface area (Å²) < 4.78 is 0. The average Bonchev–Trinajstić information content (AvgIpc) is 2.66. The summed E-state index contributed by atoms with van der Waals surface area (Å²) in [6, 6.07) is 0.435. The van der Waals surface area contributed by atoms with Gasteiger partial charge in [-0.3, -0.25) is 0 Å². The minimum Gasteiger partial charge on any atom is -0.328 e. The van der Waals surface area contributed by atoms with Gasteiger partial charge in [0.2, 0.25) is 0 Å². The van der Waals surface area contributed by atoms with E-state index in [0.717, 1.165) is 6.42 Å². The Morgan fingerprint density at radius 1 is 1.38 bits per heavy atom. The van der Waals surface area contributed by atoms with Crippen molar-refractivity contribution >= 4 is 11.3 Å². The Bertz CT molecular complexity index is 324. The number of rotatable bonds is 3. The van der Waals surface area contributed by atoms with Crippen molar-refractivity contribution in [3.63, 3.8) is 0 Å². The van der Waals surface area contributed by atoms with E-state index in [0.29, 0.717) is 17.9 Å². The number of nitrogens with two attached hydrogens (primary N) is 1. The van der Waals surface area contributed by atoms with Gasteiger partial charge >= 0.3 is 0 Å². The molecular formula is C13H22N2S. The molecule has 1 aliphatic rings. The fourth-order valence-electron chi connectivity index (χ4n) is 2.37. The van der Waals surface area contributed by atoms with Crippen molar-refractivity contribution in [1.82, 2.24) is 4.98 Å². The Hall–Kier alpha value is -0.410. The maximum atomic E-state index is 5.93. The largest absolute Gasteiger partial charge is 0.328 e. The molecule has 0 unspecified atom stereocenters. The first-order valence-electron chi connectivity index (χ1n) is 6.35. The van der Waals surface area contributed by atoms with Gasteiger partial charge in [-0.15, -0.1) is 11.3 Å². The molecule has 1 heterocycles. The van der Waals surface area contributed by atoms with Gasteiger partial charge in [0.25, 0.3) is 0 Å². The zero-order valence-electron chi connectivity index (χ0n) is 10.3. The van der Waals surface area contributed by atoms with Crippen molar-refractivity contribution in [2.45, 2.75) is 57.9 Å². The van der Waals surface area contributed by atoms with E-state index in [1.54, 1.807) is 0 Å². The molecule has 0 amide bonds. The zero-order chi connectivity index (χ0) is 11.5. The Morgan fingerprint density at radius 2 is 2.06 bits per heavy atom. The maximum Gasteiger partial charge on any atom is 0.0930 e. The molecule has 3 heteroatoms. The molecule has 2 rings (SSSR count). The van der Waals surface area contributed by atoms with E-state index < -0.39 is 0 Å². The van der Waals surface area contributed by atoms with Gasteiger partial charge in [-0.2, -0.15) is 0 Å². The maximum absolute atomic E-state index is 5.93. The summed E-state index contributed by atoms with van der Waals surface area (Å²) in [6.45, 7) is 4.50. The summed E-state index contributed by atoms with van der Waals surface area (Å²) in [5, 5.41) is 3.57. The van der Waals surface area contributed by atoms with E-state index in [4.69, 9.17) is 10.7 Å². The highest BCUT2D eigenvalue weighted by Gasteiger charge is 2.21. The van der Waals surface area contributed by atoms with Crippen LogP contribution >= 0.6 is 11.3 Å². The lowest BCUT2D eigenvalue weighted by molar-refractivity contribution is 0.391. The van der Waals surface area contributed by atoms with Crippen LogP contribution in [-0.2, 0) is 6.42 Å². The van der Waals surface area contributed by atoms with Gasteiger partial charge in [0.05, 0.1) is 10.7 Å². The van der Waals surface area contributed by atoms with Crippen LogP contribution in [0.15, 0.2) is 5.38 Å². The highest BCUT2D eigenvalue weighted by atomic mass is 32.1. The van der Waals surface area contributed by atoms with Crippen LogP contribution in [0.1, 0.15) is 56.2 Å². The highest BCUT2D eigenvalue weighted by Crippen LogP contribution is 2.33. The van der Waals surface area contributed by atoms with Gasteiger partial charge in [-0.1, -0.05) is 13.8 Å². The molecule has 0 spiro atoms. The van der Waals surface area contributed by atoms with Gasteiger partial charge in [0.15, 0.2) is 0 Å². The molecule has 0 aromatic carbocycles. The third kappa shape index (κ3) is 3.05. The molecule has 0 saturated heterocycles. The molecule has 0 aliphatic heterocycles. The second kappa shape index (κ2) is 5.28. The van der Waals surface area contributed by atoms with Crippen LogP contribution < -0.4 is 5.73 Å². The van der Waals surface area contributed by atoms with Crippen molar-refractivity contribution in [1.29, 1.82) is 0 Å². The SMILES string of the molecule is CC(C)Cc1nc(C2CCC(N)CC2)cs1. The van der Waals surface area contributed by atoms with Crippen LogP contribution in [0.25, 0.3) is 0 Å². The summed E-state index contributed by atoms with van der Waals surface area (Å²) in [4.78, 5) is 4.78. The average molecular weight is 238 g/mol. The molecule has 0 bridgehead atoms. The molecule has 0 radical (unpaired) electrons. The van der Waals surface area contributed by atoms with Gasteiger partial charge in [0.1, 0.15) is 0 Å². The molecule has 1 fully saturated rings. The normalized spacial score (nSPS) is 26.2. The van der Waals surface area contributed by atoms with E-state index in [1.165, 1.54) is 36.4 Å². The van der Waals surface area contributed by atoms with Crippen LogP contribution in [0.3, 0.4) is 0 Å². The first-order valence-corrected chi connectivity index (χ1v) is 7.23. The fourth-order valence-corrected chi connectivity index (χ4v) is 3.46. The topological polar surface area (TPSA) is 38.9 Å². The number of hydrogen-bond acceptors (Lipinski definition) is 3. The standard InChI is InChI=1S/C13H22N2S/c1-9(2)7-13-15-12(8-16-13)10-3-5-11(14)6-4-10/h8-11H,3-7,14H2,1-2H3. The van der Waals surface area contributed by atoms with Crippen LogP contribution in [0.4, 0.5) is 0 Å². The second-order valence-electron chi connectivity index (χ2n) is 5.38. The zero-order valence-corrected chi connectivity index (χ0v) is 11.1. The first-order chi connectivity index (χ1) is 7.65. The van der Waals surface area contributed by atoms with Crippen LogP contribution in [-0.4, -0.2) is 11.0 Å². The molecule has 16 heavy (non-hydrogen) atoms. The Kier molecular flexibility index (Phi) is 3.98. The van der Waals surface area contributed by atoms with E-state index in [-0.39, 0.29) is 0 Å². The van der Waals surface area contributed by atoms with E-state index >= 15 is 0 Å². The molecule has 2 N–H and O–H groups in total. The number of aromatic nitrogens is 1. The summed E-state index contributed by atoms with van der Waals surface area (Å²) in [6.07, 6.45) is 5.92. The third-order valence-corrected chi connectivity index (χ3v) is 4.23. The Balaban J connectivity index is 1.96. The second-order valence-corrected chi connectivity index (χ2v) is 6.32. The number of hydrogen-bond donors (Lipinski definition) is 1. The van der Waals surface area contributed by atoms with Crippen LogP contribution in [0, 0.1) is 5.92 Å². The smallest absolute Gasteiger partial charge is 0.0930 e. The first kappa shape index (κ1) is 12.1.